The van der Waals surface area contributed by atoms with Gasteiger partial charge in [0.15, 0.2) is 5.43 Å². The molecule has 1 aromatic carbocycles. The molecule has 0 spiro atoms. The molecule has 1 aliphatic rings. The number of hydrogen-bond acceptors (Lipinski definition) is 5. The minimum Gasteiger partial charge on any atom is -0.384 e. The summed E-state index contributed by atoms with van der Waals surface area (Å²) in [6, 6.07) is 7.30. The molecule has 2 aromatic heterocycles. The number of anilines is 1. The molecule has 25 heavy (non-hydrogen) atoms. The molecule has 2 amide bonds. The van der Waals surface area contributed by atoms with Crippen molar-refractivity contribution in [1.29, 1.82) is 0 Å². The lowest BCUT2D eigenvalue weighted by Crippen LogP contribution is -2.24. The Bertz CT molecular complexity index is 1220. The standard InChI is InChI=1S/C17H12N4O4/c1-7-4-12(22)9-5-8(2-3-11(9)19-7)21-13(23)6-10-14(15(21)18)17(25)20-16(10)24/h2-6H,18H2,1H3,(H,19,22)(H,20,24,25). The van der Waals surface area contributed by atoms with E-state index in [-0.39, 0.29) is 22.4 Å². The van der Waals surface area contributed by atoms with Gasteiger partial charge in [-0.1, -0.05) is 0 Å². The number of carbonyl (C=O) groups excluding carboxylic acids is 2. The van der Waals surface area contributed by atoms with Crippen LogP contribution in [0.3, 0.4) is 0 Å². The van der Waals surface area contributed by atoms with E-state index in [9.17, 15) is 19.2 Å². The highest BCUT2D eigenvalue weighted by atomic mass is 16.2. The number of pyridine rings is 2. The Labute approximate surface area is 139 Å². The average molecular weight is 336 g/mol. The first-order chi connectivity index (χ1) is 11.9. The van der Waals surface area contributed by atoms with Crippen LogP contribution in [0.4, 0.5) is 5.82 Å². The van der Waals surface area contributed by atoms with Crippen LogP contribution >= 0.6 is 0 Å². The topological polar surface area (TPSA) is 127 Å². The van der Waals surface area contributed by atoms with Gasteiger partial charge in [0.25, 0.3) is 17.4 Å². The third-order valence-corrected chi connectivity index (χ3v) is 4.16. The summed E-state index contributed by atoms with van der Waals surface area (Å²) >= 11 is 0. The minimum absolute atomic E-state index is 0.0393. The molecule has 3 aromatic rings. The summed E-state index contributed by atoms with van der Waals surface area (Å²) in [5, 5.41) is 2.49. The van der Waals surface area contributed by atoms with Crippen molar-refractivity contribution in [2.24, 2.45) is 0 Å². The third kappa shape index (κ3) is 2.08. The van der Waals surface area contributed by atoms with Crippen LogP contribution in [0.5, 0.6) is 0 Å². The lowest BCUT2D eigenvalue weighted by atomic mass is 10.1. The van der Waals surface area contributed by atoms with Crippen LogP contribution in [0, 0.1) is 6.92 Å². The predicted octanol–water partition coefficient (Wildman–Crippen LogP) is 0.453. The number of nitrogens with zero attached hydrogens (tertiary/aromatic N) is 1. The molecule has 3 heterocycles. The number of aromatic nitrogens is 2. The van der Waals surface area contributed by atoms with Gasteiger partial charge in [-0.2, -0.15) is 0 Å². The summed E-state index contributed by atoms with van der Waals surface area (Å²) in [6.45, 7) is 1.77. The minimum atomic E-state index is -0.652. The van der Waals surface area contributed by atoms with E-state index >= 15 is 0 Å². The first-order valence-corrected chi connectivity index (χ1v) is 7.42. The lowest BCUT2D eigenvalue weighted by molar-refractivity contribution is 0.0880. The summed E-state index contributed by atoms with van der Waals surface area (Å²) in [5.41, 5.74) is 6.81. The van der Waals surface area contributed by atoms with Gasteiger partial charge >= 0.3 is 0 Å². The Hall–Kier alpha value is -3.68. The summed E-state index contributed by atoms with van der Waals surface area (Å²) in [7, 11) is 0. The number of benzene rings is 1. The highest BCUT2D eigenvalue weighted by molar-refractivity contribution is 6.23. The van der Waals surface area contributed by atoms with Crippen LogP contribution in [0.15, 0.2) is 39.9 Å². The fourth-order valence-corrected chi connectivity index (χ4v) is 3.05. The van der Waals surface area contributed by atoms with E-state index in [4.69, 9.17) is 5.73 Å². The molecule has 0 saturated heterocycles. The summed E-state index contributed by atoms with van der Waals surface area (Å²) in [6.07, 6.45) is 0. The number of carbonyl (C=O) groups is 2. The van der Waals surface area contributed by atoms with Crippen molar-refractivity contribution in [3.63, 3.8) is 0 Å². The molecule has 0 saturated carbocycles. The van der Waals surface area contributed by atoms with E-state index in [2.05, 4.69) is 10.3 Å². The number of imide groups is 1. The molecule has 0 unspecified atom stereocenters. The second-order valence-corrected chi connectivity index (χ2v) is 5.82. The molecule has 4 N–H and O–H groups in total. The summed E-state index contributed by atoms with van der Waals surface area (Å²) < 4.78 is 1.11. The molecule has 0 radical (unpaired) electrons. The lowest BCUT2D eigenvalue weighted by Gasteiger charge is -2.12. The number of amides is 2. The van der Waals surface area contributed by atoms with Crippen molar-refractivity contribution < 1.29 is 9.59 Å². The van der Waals surface area contributed by atoms with Gasteiger partial charge in [-0.15, -0.1) is 0 Å². The van der Waals surface area contributed by atoms with Gasteiger partial charge in [-0.05, 0) is 25.1 Å². The molecule has 0 fully saturated rings. The van der Waals surface area contributed by atoms with E-state index in [1.165, 1.54) is 12.1 Å². The zero-order valence-electron chi connectivity index (χ0n) is 13.0. The quantitative estimate of drug-likeness (QED) is 0.556. The van der Waals surface area contributed by atoms with Crippen molar-refractivity contribution in [3.8, 4) is 5.69 Å². The third-order valence-electron chi connectivity index (χ3n) is 4.16. The van der Waals surface area contributed by atoms with Gasteiger partial charge < -0.3 is 10.7 Å². The first kappa shape index (κ1) is 14.9. The fourth-order valence-electron chi connectivity index (χ4n) is 3.05. The Balaban J connectivity index is 2.03. The number of aromatic amines is 1. The van der Waals surface area contributed by atoms with Crippen molar-refractivity contribution in [2.45, 2.75) is 6.92 Å². The van der Waals surface area contributed by atoms with Gasteiger partial charge in [0.2, 0.25) is 0 Å². The smallest absolute Gasteiger partial charge is 0.262 e. The number of hydrogen-bond donors (Lipinski definition) is 3. The predicted molar refractivity (Wildman–Crippen MR) is 91.1 cm³/mol. The number of nitrogens with one attached hydrogen (secondary N) is 2. The molecular formula is C17H12N4O4. The monoisotopic (exact) mass is 336 g/mol. The number of aryl methyl sites for hydroxylation is 1. The number of rotatable bonds is 1. The summed E-state index contributed by atoms with van der Waals surface area (Å²) in [5.74, 6) is -1.45. The maximum atomic E-state index is 12.4. The van der Waals surface area contributed by atoms with Crippen LogP contribution in [-0.4, -0.2) is 21.4 Å². The SMILES string of the molecule is Cc1cc(=O)c2cc(-n3c(N)c4c(cc3=O)C(=O)NC4=O)ccc2[nH]1. The van der Waals surface area contributed by atoms with Crippen LogP contribution < -0.4 is 22.0 Å². The highest BCUT2D eigenvalue weighted by Gasteiger charge is 2.31. The second kappa shape index (κ2) is 4.91. The molecule has 0 aliphatic carbocycles. The van der Waals surface area contributed by atoms with E-state index in [0.29, 0.717) is 16.6 Å². The van der Waals surface area contributed by atoms with Gasteiger partial charge in [0.1, 0.15) is 5.82 Å². The number of nitrogen functional groups attached to an aromatic ring is 1. The van der Waals surface area contributed by atoms with Crippen molar-refractivity contribution in [2.75, 3.05) is 5.73 Å². The number of H-pyrrole nitrogens is 1. The van der Waals surface area contributed by atoms with E-state index in [1.54, 1.807) is 19.1 Å². The summed E-state index contributed by atoms with van der Waals surface area (Å²) in [4.78, 5) is 51.3. The maximum Gasteiger partial charge on any atom is 0.262 e. The van der Waals surface area contributed by atoms with Gasteiger partial charge in [-0.3, -0.25) is 29.1 Å². The van der Waals surface area contributed by atoms with Gasteiger partial charge in [0.05, 0.1) is 16.8 Å². The molecule has 0 atom stereocenters. The van der Waals surface area contributed by atoms with Crippen LogP contribution in [-0.2, 0) is 0 Å². The molecular weight excluding hydrogens is 324 g/mol. The van der Waals surface area contributed by atoms with E-state index in [0.717, 1.165) is 16.3 Å². The zero-order valence-corrected chi connectivity index (χ0v) is 13.0. The van der Waals surface area contributed by atoms with Gasteiger partial charge in [-0.25, -0.2) is 0 Å². The van der Waals surface area contributed by atoms with Crippen LogP contribution in [0.25, 0.3) is 16.6 Å². The largest absolute Gasteiger partial charge is 0.384 e. The maximum absolute atomic E-state index is 12.4. The van der Waals surface area contributed by atoms with E-state index < -0.39 is 17.4 Å². The number of fused-ring (bicyclic) bond motifs is 2. The molecule has 8 heteroatoms. The van der Waals surface area contributed by atoms with Crippen molar-refractivity contribution >= 4 is 28.5 Å². The zero-order chi connectivity index (χ0) is 17.9. The molecule has 124 valence electrons. The van der Waals surface area contributed by atoms with E-state index in [1.807, 2.05) is 0 Å². The average Bonchev–Trinajstić information content (AvgIpc) is 2.82. The van der Waals surface area contributed by atoms with Crippen LogP contribution in [0.2, 0.25) is 0 Å². The molecule has 1 aliphatic heterocycles. The molecule has 8 nitrogen and oxygen atoms in total. The highest BCUT2D eigenvalue weighted by Crippen LogP contribution is 2.23. The Kier molecular flexibility index (Phi) is 2.92. The second-order valence-electron chi connectivity index (χ2n) is 5.82. The van der Waals surface area contributed by atoms with Crippen molar-refractivity contribution in [3.05, 3.63) is 67.7 Å². The normalized spacial score (nSPS) is 13.2. The Morgan fingerprint density at radius 3 is 2.52 bits per heavy atom. The van der Waals surface area contributed by atoms with Crippen molar-refractivity contribution in [1.82, 2.24) is 14.9 Å². The molecule has 4 rings (SSSR count). The van der Waals surface area contributed by atoms with Gasteiger partial charge in [0, 0.05) is 28.7 Å². The Morgan fingerprint density at radius 1 is 1.00 bits per heavy atom. The first-order valence-electron chi connectivity index (χ1n) is 7.42. The fraction of sp³-hybridized carbons (Fsp3) is 0.0588. The number of nitrogens with two attached hydrogens (primary N) is 1. The van der Waals surface area contributed by atoms with Crippen LogP contribution in [0.1, 0.15) is 26.4 Å². The molecule has 0 bridgehead atoms. The Morgan fingerprint density at radius 2 is 1.76 bits per heavy atom.